The van der Waals surface area contributed by atoms with Gasteiger partial charge < -0.3 is 5.32 Å². The lowest BCUT2D eigenvalue weighted by Crippen LogP contribution is -2.43. The fraction of sp³-hybridized carbons (Fsp3) is 0.400. The standard InChI is InChI=1S/C15H12Cl4N2O3/c16-10-8-9(11(17)13(19)12(10)18)15(24)21(14(8)23)5-7(22)20-6-3-1-2-4-6/h6H,1-5H2,(H,20,22). The van der Waals surface area contributed by atoms with Crippen molar-refractivity contribution in [1.82, 2.24) is 10.2 Å². The number of fused-ring (bicyclic) bond motifs is 1. The summed E-state index contributed by atoms with van der Waals surface area (Å²) in [6.45, 7) is -0.398. The first kappa shape index (κ1) is 17.8. The summed E-state index contributed by atoms with van der Waals surface area (Å²) in [5.41, 5.74) is -0.232. The second-order valence-electron chi connectivity index (χ2n) is 5.75. The Labute approximate surface area is 158 Å². The van der Waals surface area contributed by atoms with Gasteiger partial charge in [-0.25, -0.2) is 0 Å². The number of hydrogen-bond acceptors (Lipinski definition) is 3. The second-order valence-corrected chi connectivity index (χ2v) is 7.26. The Morgan fingerprint density at radius 2 is 1.38 bits per heavy atom. The van der Waals surface area contributed by atoms with Crippen LogP contribution in [0.3, 0.4) is 0 Å². The van der Waals surface area contributed by atoms with Crippen molar-refractivity contribution in [1.29, 1.82) is 0 Å². The predicted molar refractivity (Wildman–Crippen MR) is 92.2 cm³/mol. The number of rotatable bonds is 3. The number of nitrogens with one attached hydrogen (secondary N) is 1. The van der Waals surface area contributed by atoms with E-state index in [4.69, 9.17) is 46.4 Å². The van der Waals surface area contributed by atoms with Crippen LogP contribution in [0.2, 0.25) is 20.1 Å². The Balaban J connectivity index is 1.86. The fourth-order valence-electron chi connectivity index (χ4n) is 3.03. The number of hydrogen-bond donors (Lipinski definition) is 1. The maximum Gasteiger partial charge on any atom is 0.263 e. The van der Waals surface area contributed by atoms with E-state index in [1.165, 1.54) is 0 Å². The Kier molecular flexibility index (Phi) is 4.98. The molecule has 1 aromatic carbocycles. The van der Waals surface area contributed by atoms with E-state index < -0.39 is 24.3 Å². The molecule has 3 amide bonds. The van der Waals surface area contributed by atoms with Crippen LogP contribution in [0.4, 0.5) is 0 Å². The zero-order valence-electron chi connectivity index (χ0n) is 12.3. The minimum absolute atomic E-state index is 0.0868. The molecule has 1 heterocycles. The highest BCUT2D eigenvalue weighted by molar-refractivity contribution is 6.55. The average Bonchev–Trinajstić information content (AvgIpc) is 3.12. The summed E-state index contributed by atoms with van der Waals surface area (Å²) < 4.78 is 0. The molecule has 1 aliphatic carbocycles. The first-order valence-corrected chi connectivity index (χ1v) is 8.85. The smallest absolute Gasteiger partial charge is 0.263 e. The fourth-order valence-corrected chi connectivity index (χ4v) is 4.04. The van der Waals surface area contributed by atoms with Gasteiger partial charge in [-0.05, 0) is 12.8 Å². The molecular weight excluding hydrogens is 398 g/mol. The molecule has 1 aromatic rings. The normalized spacial score (nSPS) is 17.6. The van der Waals surface area contributed by atoms with Gasteiger partial charge in [0.1, 0.15) is 6.54 Å². The van der Waals surface area contributed by atoms with Crippen molar-refractivity contribution in [2.75, 3.05) is 6.54 Å². The van der Waals surface area contributed by atoms with Crippen LogP contribution in [0.15, 0.2) is 0 Å². The molecule has 0 bridgehead atoms. The van der Waals surface area contributed by atoms with Crippen molar-refractivity contribution >= 4 is 64.1 Å². The number of amides is 3. The molecule has 24 heavy (non-hydrogen) atoms. The summed E-state index contributed by atoms with van der Waals surface area (Å²) in [4.78, 5) is 37.9. The molecular formula is C15H12Cl4N2O3. The van der Waals surface area contributed by atoms with E-state index in [9.17, 15) is 14.4 Å². The van der Waals surface area contributed by atoms with Crippen molar-refractivity contribution in [3.05, 3.63) is 31.2 Å². The summed E-state index contributed by atoms with van der Waals surface area (Å²) >= 11 is 24.0. The number of carbonyl (C=O) groups excluding carboxylic acids is 3. The maximum atomic E-state index is 12.5. The Morgan fingerprint density at radius 1 is 0.917 bits per heavy atom. The van der Waals surface area contributed by atoms with Gasteiger partial charge in [-0.1, -0.05) is 59.2 Å². The predicted octanol–water partition coefficient (Wildman–Crippen LogP) is 3.96. The van der Waals surface area contributed by atoms with Crippen molar-refractivity contribution in [2.24, 2.45) is 0 Å². The molecule has 1 fully saturated rings. The summed E-state index contributed by atoms with van der Waals surface area (Å²) in [6, 6.07) is 0.0868. The number of nitrogens with zero attached hydrogens (tertiary/aromatic N) is 1. The molecule has 0 unspecified atom stereocenters. The van der Waals surface area contributed by atoms with Crippen molar-refractivity contribution in [2.45, 2.75) is 31.7 Å². The summed E-state index contributed by atoms with van der Waals surface area (Å²) in [5.74, 6) is -1.81. The zero-order valence-corrected chi connectivity index (χ0v) is 15.3. The lowest BCUT2D eigenvalue weighted by Gasteiger charge is -2.16. The van der Waals surface area contributed by atoms with Gasteiger partial charge in [-0.15, -0.1) is 0 Å². The van der Waals surface area contributed by atoms with E-state index in [0.717, 1.165) is 30.6 Å². The number of benzene rings is 1. The molecule has 1 saturated carbocycles. The van der Waals surface area contributed by atoms with Crippen LogP contribution in [-0.4, -0.2) is 35.2 Å². The number of imide groups is 1. The average molecular weight is 410 g/mol. The molecule has 5 nitrogen and oxygen atoms in total. The quantitative estimate of drug-likeness (QED) is 0.466. The van der Waals surface area contributed by atoms with Gasteiger partial charge in [-0.3, -0.25) is 19.3 Å². The van der Waals surface area contributed by atoms with E-state index in [0.29, 0.717) is 0 Å². The lowest BCUT2D eigenvalue weighted by atomic mass is 10.1. The number of carbonyl (C=O) groups is 3. The molecule has 0 saturated heterocycles. The van der Waals surface area contributed by atoms with Gasteiger partial charge in [0.15, 0.2) is 0 Å². The SMILES string of the molecule is O=C(CN1C(=O)c2c(Cl)c(Cl)c(Cl)c(Cl)c2C1=O)NC1CCCC1. The van der Waals surface area contributed by atoms with Gasteiger partial charge in [0.05, 0.1) is 31.2 Å². The molecule has 0 spiro atoms. The minimum atomic E-state index is -0.706. The van der Waals surface area contributed by atoms with Crippen LogP contribution < -0.4 is 5.32 Å². The summed E-state index contributed by atoms with van der Waals surface area (Å²) in [6.07, 6.45) is 3.91. The third kappa shape index (κ3) is 2.88. The van der Waals surface area contributed by atoms with E-state index >= 15 is 0 Å². The first-order chi connectivity index (χ1) is 11.3. The molecule has 2 aliphatic rings. The van der Waals surface area contributed by atoms with E-state index in [1.54, 1.807) is 0 Å². The van der Waals surface area contributed by atoms with Crippen molar-refractivity contribution < 1.29 is 14.4 Å². The zero-order chi connectivity index (χ0) is 17.6. The van der Waals surface area contributed by atoms with Crippen LogP contribution in [0, 0.1) is 0 Å². The highest BCUT2D eigenvalue weighted by Gasteiger charge is 2.42. The largest absolute Gasteiger partial charge is 0.352 e. The molecule has 1 N–H and O–H groups in total. The van der Waals surface area contributed by atoms with Gasteiger partial charge in [0.25, 0.3) is 11.8 Å². The van der Waals surface area contributed by atoms with E-state index in [-0.39, 0.29) is 37.3 Å². The molecule has 3 rings (SSSR count). The third-order valence-electron chi connectivity index (χ3n) is 4.21. The molecule has 0 atom stereocenters. The molecule has 9 heteroatoms. The third-order valence-corrected chi connectivity index (χ3v) is 6.01. The van der Waals surface area contributed by atoms with Crippen LogP contribution >= 0.6 is 46.4 Å². The molecule has 128 valence electrons. The van der Waals surface area contributed by atoms with E-state index in [1.807, 2.05) is 0 Å². The van der Waals surface area contributed by atoms with Crippen LogP contribution in [0.1, 0.15) is 46.4 Å². The van der Waals surface area contributed by atoms with E-state index in [2.05, 4.69) is 5.32 Å². The van der Waals surface area contributed by atoms with Crippen LogP contribution in [-0.2, 0) is 4.79 Å². The van der Waals surface area contributed by atoms with Crippen LogP contribution in [0.25, 0.3) is 0 Å². The van der Waals surface area contributed by atoms with Crippen molar-refractivity contribution in [3.8, 4) is 0 Å². The molecule has 1 aliphatic heterocycles. The van der Waals surface area contributed by atoms with Gasteiger partial charge in [-0.2, -0.15) is 0 Å². The monoisotopic (exact) mass is 408 g/mol. The Hall–Kier alpha value is -1.01. The highest BCUT2D eigenvalue weighted by Crippen LogP contribution is 2.44. The number of halogens is 4. The van der Waals surface area contributed by atoms with Gasteiger partial charge in [0, 0.05) is 6.04 Å². The summed E-state index contributed by atoms with van der Waals surface area (Å²) in [7, 11) is 0. The summed E-state index contributed by atoms with van der Waals surface area (Å²) in [5, 5.41) is 2.35. The molecule has 0 radical (unpaired) electrons. The Bertz CT molecular complexity index is 713. The van der Waals surface area contributed by atoms with Gasteiger partial charge >= 0.3 is 0 Å². The Morgan fingerprint density at radius 3 is 1.83 bits per heavy atom. The van der Waals surface area contributed by atoms with Crippen LogP contribution in [0.5, 0.6) is 0 Å². The second kappa shape index (κ2) is 6.71. The molecule has 0 aromatic heterocycles. The lowest BCUT2D eigenvalue weighted by molar-refractivity contribution is -0.122. The van der Waals surface area contributed by atoms with Gasteiger partial charge in [0.2, 0.25) is 5.91 Å². The first-order valence-electron chi connectivity index (χ1n) is 7.34. The minimum Gasteiger partial charge on any atom is -0.352 e. The topological polar surface area (TPSA) is 66.5 Å². The van der Waals surface area contributed by atoms with Crippen molar-refractivity contribution in [3.63, 3.8) is 0 Å². The highest BCUT2D eigenvalue weighted by atomic mass is 35.5. The maximum absolute atomic E-state index is 12.5.